The maximum absolute atomic E-state index is 6.02. The van der Waals surface area contributed by atoms with Gasteiger partial charge in [-0.25, -0.2) is 0 Å². The Labute approximate surface area is 132 Å². The van der Waals surface area contributed by atoms with Gasteiger partial charge in [-0.1, -0.05) is 30.7 Å². The molecule has 0 fully saturated rings. The fourth-order valence-corrected chi connectivity index (χ4v) is 2.50. The molecule has 1 N–H and O–H groups in total. The van der Waals surface area contributed by atoms with E-state index in [1.807, 2.05) is 24.4 Å². The van der Waals surface area contributed by atoms with Crippen LogP contribution in [0.1, 0.15) is 31.1 Å². The highest BCUT2D eigenvalue weighted by Crippen LogP contribution is 2.18. The molecule has 0 aliphatic carbocycles. The molecule has 0 aliphatic rings. The fraction of sp³-hybridized carbons (Fsp3) is 0.353. The molecule has 0 saturated carbocycles. The van der Waals surface area contributed by atoms with Crippen LogP contribution in [0.3, 0.4) is 0 Å². The van der Waals surface area contributed by atoms with Crippen LogP contribution in [-0.4, -0.2) is 18.6 Å². The maximum atomic E-state index is 6.02. The van der Waals surface area contributed by atoms with E-state index in [4.69, 9.17) is 11.6 Å². The molecule has 0 saturated heterocycles. The maximum Gasteiger partial charge on any atom is 0.0572 e. The predicted molar refractivity (Wildman–Crippen MR) is 89.9 cm³/mol. The number of halogens is 1. The molecule has 0 bridgehead atoms. The molecule has 2 aromatic rings. The lowest BCUT2D eigenvalue weighted by atomic mass is 10.2. The average Bonchev–Trinajstić information content (AvgIpc) is 2.47. The molecule has 1 aromatic heterocycles. The van der Waals surface area contributed by atoms with Crippen molar-refractivity contribution in [1.29, 1.82) is 0 Å². The summed E-state index contributed by atoms with van der Waals surface area (Å²) in [5, 5.41) is 4.14. The number of pyridine rings is 1. The number of hydrogen-bond donors (Lipinski definition) is 1. The second-order valence-electron chi connectivity index (χ2n) is 5.21. The van der Waals surface area contributed by atoms with E-state index in [9.17, 15) is 0 Å². The molecular weight excluding hydrogens is 282 g/mol. The Kier molecular flexibility index (Phi) is 5.59. The largest absolute Gasteiger partial charge is 0.369 e. The van der Waals surface area contributed by atoms with Gasteiger partial charge in [0.15, 0.2) is 0 Å². The van der Waals surface area contributed by atoms with E-state index in [-0.39, 0.29) is 6.04 Å². The minimum Gasteiger partial charge on any atom is -0.369 e. The van der Waals surface area contributed by atoms with Gasteiger partial charge in [0, 0.05) is 24.7 Å². The van der Waals surface area contributed by atoms with Gasteiger partial charge in [0.25, 0.3) is 0 Å². The van der Waals surface area contributed by atoms with Crippen LogP contribution in [0, 0.1) is 0 Å². The SMILES string of the molecule is CCNC(C)c1ccc(N(C)Cc2cccc(Cl)c2)cn1. The standard InChI is InChI=1S/C17H22ClN3/c1-4-19-13(2)17-9-8-16(11-20-17)21(3)12-14-6-5-7-15(18)10-14/h5-11,13,19H,4,12H2,1-3H3. The third-order valence-corrected chi connectivity index (χ3v) is 3.71. The van der Waals surface area contributed by atoms with Gasteiger partial charge in [-0.15, -0.1) is 0 Å². The summed E-state index contributed by atoms with van der Waals surface area (Å²) in [6.45, 7) is 5.98. The molecule has 0 radical (unpaired) electrons. The molecule has 0 amide bonds. The van der Waals surface area contributed by atoms with Crippen LogP contribution in [0.15, 0.2) is 42.6 Å². The van der Waals surface area contributed by atoms with E-state index in [2.05, 4.69) is 54.3 Å². The van der Waals surface area contributed by atoms with Crippen LogP contribution < -0.4 is 10.2 Å². The van der Waals surface area contributed by atoms with Crippen molar-refractivity contribution in [3.63, 3.8) is 0 Å². The molecule has 1 heterocycles. The number of nitrogens with one attached hydrogen (secondary N) is 1. The Morgan fingerprint density at radius 3 is 2.71 bits per heavy atom. The van der Waals surface area contributed by atoms with Gasteiger partial charge in [-0.2, -0.15) is 0 Å². The van der Waals surface area contributed by atoms with E-state index in [1.54, 1.807) is 0 Å². The molecule has 3 nitrogen and oxygen atoms in total. The number of aromatic nitrogens is 1. The van der Waals surface area contributed by atoms with Crippen LogP contribution in [0.2, 0.25) is 5.02 Å². The van der Waals surface area contributed by atoms with E-state index in [0.29, 0.717) is 0 Å². The Hall–Kier alpha value is -1.58. The Balaban J connectivity index is 2.04. The van der Waals surface area contributed by atoms with Crippen molar-refractivity contribution >= 4 is 17.3 Å². The zero-order valence-corrected chi connectivity index (χ0v) is 13.6. The Bertz CT molecular complexity index is 569. The van der Waals surface area contributed by atoms with Crippen LogP contribution in [0.4, 0.5) is 5.69 Å². The first kappa shape index (κ1) is 15.8. The Morgan fingerprint density at radius 2 is 2.10 bits per heavy atom. The van der Waals surface area contributed by atoms with E-state index in [0.717, 1.165) is 29.5 Å². The van der Waals surface area contributed by atoms with Gasteiger partial charge in [0.05, 0.1) is 17.6 Å². The van der Waals surface area contributed by atoms with E-state index >= 15 is 0 Å². The zero-order valence-electron chi connectivity index (χ0n) is 12.8. The monoisotopic (exact) mass is 303 g/mol. The van der Waals surface area contributed by atoms with Crippen LogP contribution in [0.5, 0.6) is 0 Å². The summed E-state index contributed by atoms with van der Waals surface area (Å²) >= 11 is 6.02. The van der Waals surface area contributed by atoms with Gasteiger partial charge < -0.3 is 10.2 Å². The van der Waals surface area contributed by atoms with Crippen molar-refractivity contribution in [3.8, 4) is 0 Å². The van der Waals surface area contributed by atoms with Crippen molar-refractivity contribution in [1.82, 2.24) is 10.3 Å². The van der Waals surface area contributed by atoms with Crippen molar-refractivity contribution < 1.29 is 0 Å². The fourth-order valence-electron chi connectivity index (χ4n) is 2.29. The minimum atomic E-state index is 0.280. The third kappa shape index (κ3) is 4.45. The summed E-state index contributed by atoms with van der Waals surface area (Å²) in [5.41, 5.74) is 3.36. The predicted octanol–water partition coefficient (Wildman–Crippen LogP) is 4.04. The lowest BCUT2D eigenvalue weighted by molar-refractivity contribution is 0.583. The molecule has 21 heavy (non-hydrogen) atoms. The van der Waals surface area contributed by atoms with Gasteiger partial charge in [-0.05, 0) is 43.3 Å². The van der Waals surface area contributed by atoms with E-state index in [1.165, 1.54) is 5.56 Å². The minimum absolute atomic E-state index is 0.280. The van der Waals surface area contributed by atoms with Gasteiger partial charge >= 0.3 is 0 Å². The van der Waals surface area contributed by atoms with Crippen molar-refractivity contribution in [2.75, 3.05) is 18.5 Å². The summed E-state index contributed by atoms with van der Waals surface area (Å²) in [6.07, 6.45) is 1.92. The Morgan fingerprint density at radius 1 is 1.29 bits per heavy atom. The smallest absolute Gasteiger partial charge is 0.0572 e. The van der Waals surface area contributed by atoms with Gasteiger partial charge in [0.1, 0.15) is 0 Å². The molecule has 2 rings (SSSR count). The summed E-state index contributed by atoms with van der Waals surface area (Å²) in [4.78, 5) is 6.71. The summed E-state index contributed by atoms with van der Waals surface area (Å²) in [5.74, 6) is 0. The van der Waals surface area contributed by atoms with Crippen LogP contribution >= 0.6 is 11.6 Å². The quantitative estimate of drug-likeness (QED) is 0.873. The molecule has 1 unspecified atom stereocenters. The molecule has 112 valence electrons. The summed E-state index contributed by atoms with van der Waals surface area (Å²) < 4.78 is 0. The lowest BCUT2D eigenvalue weighted by Gasteiger charge is -2.20. The second kappa shape index (κ2) is 7.43. The molecular formula is C17H22ClN3. The normalized spacial score (nSPS) is 12.2. The first-order valence-corrected chi connectivity index (χ1v) is 7.63. The van der Waals surface area contributed by atoms with Gasteiger partial charge in [0.2, 0.25) is 0 Å². The highest BCUT2D eigenvalue weighted by Gasteiger charge is 2.07. The van der Waals surface area contributed by atoms with Crippen LogP contribution in [0.25, 0.3) is 0 Å². The number of rotatable bonds is 6. The third-order valence-electron chi connectivity index (χ3n) is 3.47. The highest BCUT2D eigenvalue weighted by molar-refractivity contribution is 6.30. The molecule has 0 aliphatic heterocycles. The van der Waals surface area contributed by atoms with E-state index < -0.39 is 0 Å². The molecule has 1 aromatic carbocycles. The summed E-state index contributed by atoms with van der Waals surface area (Å²) in [6, 6.07) is 12.4. The number of benzene rings is 1. The van der Waals surface area contributed by atoms with Crippen LogP contribution in [-0.2, 0) is 6.54 Å². The van der Waals surface area contributed by atoms with Crippen molar-refractivity contribution in [2.24, 2.45) is 0 Å². The zero-order chi connectivity index (χ0) is 15.2. The second-order valence-corrected chi connectivity index (χ2v) is 5.64. The summed E-state index contributed by atoms with van der Waals surface area (Å²) in [7, 11) is 2.06. The molecule has 4 heteroatoms. The van der Waals surface area contributed by atoms with Gasteiger partial charge in [-0.3, -0.25) is 4.98 Å². The topological polar surface area (TPSA) is 28.2 Å². The first-order chi connectivity index (χ1) is 10.1. The van der Waals surface area contributed by atoms with Crippen molar-refractivity contribution in [2.45, 2.75) is 26.4 Å². The number of hydrogen-bond acceptors (Lipinski definition) is 3. The average molecular weight is 304 g/mol. The first-order valence-electron chi connectivity index (χ1n) is 7.25. The number of nitrogens with zero attached hydrogens (tertiary/aromatic N) is 2. The lowest BCUT2D eigenvalue weighted by Crippen LogP contribution is -2.20. The van der Waals surface area contributed by atoms with Crippen molar-refractivity contribution in [3.05, 3.63) is 58.9 Å². The highest BCUT2D eigenvalue weighted by atomic mass is 35.5. The molecule has 0 spiro atoms. The molecule has 1 atom stereocenters. The number of anilines is 1.